The average molecular weight is 352 g/mol. The van der Waals surface area contributed by atoms with Crippen LogP contribution in [0, 0.1) is 6.92 Å². The van der Waals surface area contributed by atoms with Gasteiger partial charge in [-0.05, 0) is 43.2 Å². The molecule has 0 spiro atoms. The van der Waals surface area contributed by atoms with Crippen molar-refractivity contribution in [2.45, 2.75) is 39.5 Å². The monoisotopic (exact) mass is 352 g/mol. The zero-order chi connectivity index (χ0) is 18.5. The summed E-state index contributed by atoms with van der Waals surface area (Å²) in [6.07, 6.45) is 3.62. The maximum absolute atomic E-state index is 12.1. The smallest absolute Gasteiger partial charge is 0.227 e. The van der Waals surface area contributed by atoms with E-state index in [1.807, 2.05) is 43.3 Å². The van der Waals surface area contributed by atoms with E-state index in [0.29, 0.717) is 17.9 Å². The average Bonchev–Trinajstić information content (AvgIpc) is 3.06. The number of anilines is 1. The Morgan fingerprint density at radius 1 is 1.23 bits per heavy atom. The molecule has 1 heterocycles. The van der Waals surface area contributed by atoms with E-state index in [1.165, 1.54) is 0 Å². The van der Waals surface area contributed by atoms with E-state index in [4.69, 9.17) is 9.15 Å². The van der Waals surface area contributed by atoms with Crippen molar-refractivity contribution in [1.29, 1.82) is 0 Å². The second-order valence-electron chi connectivity index (χ2n) is 6.34. The first-order valence-electron chi connectivity index (χ1n) is 8.96. The summed E-state index contributed by atoms with van der Waals surface area (Å²) in [5, 5.41) is 3.00. The molecule has 0 radical (unpaired) electrons. The van der Waals surface area contributed by atoms with Crippen LogP contribution in [-0.2, 0) is 4.79 Å². The third-order valence-electron chi connectivity index (χ3n) is 4.44. The number of nitrogens with one attached hydrogen (secondary N) is 1. The number of carbonyl (C=O) groups is 1. The Bertz CT molecular complexity index is 915. The number of rotatable bonds is 7. The molecule has 1 amide bonds. The Kier molecular flexibility index (Phi) is 5.56. The summed E-state index contributed by atoms with van der Waals surface area (Å²) in [7, 11) is 1.62. The lowest BCUT2D eigenvalue weighted by molar-refractivity contribution is -0.116. The fourth-order valence-corrected chi connectivity index (χ4v) is 2.90. The molecule has 5 heteroatoms. The van der Waals surface area contributed by atoms with Crippen LogP contribution in [0.25, 0.3) is 22.6 Å². The Balaban J connectivity index is 1.86. The molecule has 3 aromatic rings. The van der Waals surface area contributed by atoms with Gasteiger partial charge in [0.2, 0.25) is 11.8 Å². The van der Waals surface area contributed by atoms with Crippen LogP contribution < -0.4 is 10.1 Å². The van der Waals surface area contributed by atoms with E-state index in [2.05, 4.69) is 17.2 Å². The quantitative estimate of drug-likeness (QED) is 0.584. The molecule has 136 valence electrons. The molecule has 3 rings (SSSR count). The fraction of sp³-hybridized carbons (Fsp3) is 0.333. The van der Waals surface area contributed by atoms with Gasteiger partial charge in [-0.3, -0.25) is 4.79 Å². The minimum atomic E-state index is 0.0426. The molecular formula is C21H24N2O3. The summed E-state index contributed by atoms with van der Waals surface area (Å²) < 4.78 is 11.1. The molecule has 0 aliphatic carbocycles. The number of amides is 1. The number of nitrogens with zero attached hydrogens (tertiary/aromatic N) is 1. The molecule has 0 saturated carbocycles. The number of unbranched alkanes of at least 4 members (excludes halogenated alkanes) is 2. The molecule has 2 aromatic carbocycles. The summed E-state index contributed by atoms with van der Waals surface area (Å²) in [5.74, 6) is 1.32. The van der Waals surface area contributed by atoms with Gasteiger partial charge in [-0.2, -0.15) is 0 Å². The molecule has 0 aliphatic heterocycles. The standard InChI is InChI=1S/C21H24N2O3/c1-4-5-6-10-20(24)22-17-9-7-8-16(14(17)2)21-23-18-13-15(25-3)11-12-19(18)26-21/h7-9,11-13H,4-6,10H2,1-3H3,(H,22,24). The normalized spacial score (nSPS) is 10.9. The Morgan fingerprint density at radius 2 is 2.08 bits per heavy atom. The predicted octanol–water partition coefficient (Wildman–Crippen LogP) is 5.33. The minimum absolute atomic E-state index is 0.0426. The summed E-state index contributed by atoms with van der Waals surface area (Å²) in [6, 6.07) is 11.3. The lowest BCUT2D eigenvalue weighted by atomic mass is 10.1. The number of ether oxygens (including phenoxy) is 1. The van der Waals surface area contributed by atoms with Crippen LogP contribution in [0.4, 0.5) is 5.69 Å². The molecule has 0 aliphatic rings. The minimum Gasteiger partial charge on any atom is -0.497 e. The largest absolute Gasteiger partial charge is 0.497 e. The van der Waals surface area contributed by atoms with E-state index in [-0.39, 0.29) is 5.91 Å². The highest BCUT2D eigenvalue weighted by molar-refractivity contribution is 5.92. The summed E-state index contributed by atoms with van der Waals surface area (Å²) in [4.78, 5) is 16.7. The maximum atomic E-state index is 12.1. The van der Waals surface area contributed by atoms with Crippen molar-refractivity contribution in [1.82, 2.24) is 4.98 Å². The van der Waals surface area contributed by atoms with Gasteiger partial charge in [0.05, 0.1) is 7.11 Å². The van der Waals surface area contributed by atoms with Crippen molar-refractivity contribution >= 4 is 22.7 Å². The van der Waals surface area contributed by atoms with E-state index in [1.54, 1.807) is 7.11 Å². The van der Waals surface area contributed by atoms with Gasteiger partial charge in [-0.15, -0.1) is 0 Å². The molecule has 0 atom stereocenters. The van der Waals surface area contributed by atoms with Gasteiger partial charge < -0.3 is 14.5 Å². The van der Waals surface area contributed by atoms with Crippen molar-refractivity contribution in [3.63, 3.8) is 0 Å². The first-order valence-corrected chi connectivity index (χ1v) is 8.96. The number of oxazole rings is 1. The number of carbonyl (C=O) groups excluding carboxylic acids is 1. The van der Waals surface area contributed by atoms with Crippen LogP contribution in [0.1, 0.15) is 38.2 Å². The van der Waals surface area contributed by atoms with Crippen LogP contribution in [-0.4, -0.2) is 18.0 Å². The van der Waals surface area contributed by atoms with E-state index < -0.39 is 0 Å². The van der Waals surface area contributed by atoms with Crippen LogP contribution in [0.5, 0.6) is 5.75 Å². The zero-order valence-corrected chi connectivity index (χ0v) is 15.5. The molecule has 0 unspecified atom stereocenters. The Labute approximate surface area is 153 Å². The lowest BCUT2D eigenvalue weighted by Gasteiger charge is -2.10. The van der Waals surface area contributed by atoms with Crippen molar-refractivity contribution < 1.29 is 13.9 Å². The molecule has 0 saturated heterocycles. The summed E-state index contributed by atoms with van der Waals surface area (Å²) in [5.41, 5.74) is 4.05. The molecule has 0 fully saturated rings. The van der Waals surface area contributed by atoms with Gasteiger partial charge in [0.25, 0.3) is 0 Å². The second kappa shape index (κ2) is 8.04. The molecule has 0 bridgehead atoms. The van der Waals surface area contributed by atoms with Crippen LogP contribution in [0.3, 0.4) is 0 Å². The molecule has 1 aromatic heterocycles. The topological polar surface area (TPSA) is 64.4 Å². The SMILES string of the molecule is CCCCCC(=O)Nc1cccc(-c2nc3cc(OC)ccc3o2)c1C. The van der Waals surface area contributed by atoms with Crippen LogP contribution >= 0.6 is 0 Å². The van der Waals surface area contributed by atoms with Gasteiger partial charge in [-0.25, -0.2) is 4.98 Å². The first kappa shape index (κ1) is 18.0. The number of hydrogen-bond donors (Lipinski definition) is 1. The maximum Gasteiger partial charge on any atom is 0.227 e. The number of methoxy groups -OCH3 is 1. The zero-order valence-electron chi connectivity index (χ0n) is 15.5. The highest BCUT2D eigenvalue weighted by Gasteiger charge is 2.14. The lowest BCUT2D eigenvalue weighted by Crippen LogP contribution is -2.12. The van der Waals surface area contributed by atoms with Crippen molar-refractivity contribution in [3.8, 4) is 17.2 Å². The molecule has 1 N–H and O–H groups in total. The number of fused-ring (bicyclic) bond motifs is 1. The number of benzene rings is 2. The van der Waals surface area contributed by atoms with Gasteiger partial charge in [-0.1, -0.05) is 25.8 Å². The second-order valence-corrected chi connectivity index (χ2v) is 6.34. The summed E-state index contributed by atoms with van der Waals surface area (Å²) in [6.45, 7) is 4.09. The number of aromatic nitrogens is 1. The van der Waals surface area contributed by atoms with Crippen LogP contribution in [0.15, 0.2) is 40.8 Å². The predicted molar refractivity (Wildman–Crippen MR) is 104 cm³/mol. The molecule has 5 nitrogen and oxygen atoms in total. The highest BCUT2D eigenvalue weighted by Crippen LogP contribution is 2.31. The highest BCUT2D eigenvalue weighted by atomic mass is 16.5. The van der Waals surface area contributed by atoms with Crippen molar-refractivity contribution in [2.75, 3.05) is 12.4 Å². The summed E-state index contributed by atoms with van der Waals surface area (Å²) >= 11 is 0. The third kappa shape index (κ3) is 3.87. The van der Waals surface area contributed by atoms with E-state index in [0.717, 1.165) is 47.3 Å². The Hall–Kier alpha value is -2.82. The number of hydrogen-bond acceptors (Lipinski definition) is 4. The first-order chi connectivity index (χ1) is 12.6. The fourth-order valence-electron chi connectivity index (χ4n) is 2.90. The van der Waals surface area contributed by atoms with Crippen molar-refractivity contribution in [2.24, 2.45) is 0 Å². The van der Waals surface area contributed by atoms with Gasteiger partial charge in [0.1, 0.15) is 11.3 Å². The molecule has 26 heavy (non-hydrogen) atoms. The molecular weight excluding hydrogens is 328 g/mol. The third-order valence-corrected chi connectivity index (χ3v) is 4.44. The van der Waals surface area contributed by atoms with E-state index >= 15 is 0 Å². The van der Waals surface area contributed by atoms with Crippen molar-refractivity contribution in [3.05, 3.63) is 42.0 Å². The Morgan fingerprint density at radius 3 is 2.85 bits per heavy atom. The van der Waals surface area contributed by atoms with Gasteiger partial charge in [0.15, 0.2) is 5.58 Å². The van der Waals surface area contributed by atoms with E-state index in [9.17, 15) is 4.79 Å². The van der Waals surface area contributed by atoms with Gasteiger partial charge >= 0.3 is 0 Å². The van der Waals surface area contributed by atoms with Crippen LogP contribution in [0.2, 0.25) is 0 Å². The van der Waals surface area contributed by atoms with Gasteiger partial charge in [0, 0.05) is 23.7 Å².